The number of anilines is 1. The Balaban J connectivity index is 1.62. The van der Waals surface area contributed by atoms with Gasteiger partial charge in [0, 0.05) is 24.1 Å². The number of rotatable bonds is 4. The molecule has 0 saturated carbocycles. The number of nitrogens with one attached hydrogen (secondary N) is 1. The number of ether oxygens (including phenoxy) is 2. The number of fused-ring (bicyclic) bond motifs is 1. The van der Waals surface area contributed by atoms with E-state index in [1.807, 2.05) is 65.5 Å². The second-order valence-electron chi connectivity index (χ2n) is 5.50. The second-order valence-corrected chi connectivity index (χ2v) is 5.50. The fourth-order valence-corrected chi connectivity index (χ4v) is 2.80. The van der Waals surface area contributed by atoms with Gasteiger partial charge in [-0.15, -0.1) is 0 Å². The first-order valence-corrected chi connectivity index (χ1v) is 7.69. The summed E-state index contributed by atoms with van der Waals surface area (Å²) in [6.45, 7) is 0.211. The van der Waals surface area contributed by atoms with Crippen molar-refractivity contribution in [2.24, 2.45) is 0 Å². The van der Waals surface area contributed by atoms with E-state index in [2.05, 4.69) is 5.32 Å². The predicted octanol–water partition coefficient (Wildman–Crippen LogP) is 3.44. The van der Waals surface area contributed by atoms with Crippen LogP contribution in [0.1, 0.15) is 11.6 Å². The van der Waals surface area contributed by atoms with Crippen molar-refractivity contribution < 1.29 is 14.3 Å². The molecular formula is C19H16N2O3. The molecule has 120 valence electrons. The summed E-state index contributed by atoms with van der Waals surface area (Å²) in [6.07, 6.45) is 3.77. The van der Waals surface area contributed by atoms with Crippen LogP contribution in [0.25, 0.3) is 0 Å². The van der Waals surface area contributed by atoms with E-state index in [-0.39, 0.29) is 12.7 Å². The third-order valence-electron chi connectivity index (χ3n) is 3.93. The van der Waals surface area contributed by atoms with Crippen LogP contribution in [-0.4, -0.2) is 17.3 Å². The second kappa shape index (κ2) is 6.12. The van der Waals surface area contributed by atoms with Gasteiger partial charge >= 0.3 is 0 Å². The van der Waals surface area contributed by atoms with Crippen molar-refractivity contribution in [3.63, 3.8) is 0 Å². The maximum absolute atomic E-state index is 12.9. The van der Waals surface area contributed by atoms with Gasteiger partial charge < -0.3 is 19.4 Å². The number of hydrogen-bond donors (Lipinski definition) is 1. The third kappa shape index (κ3) is 2.72. The minimum atomic E-state index is -0.438. The van der Waals surface area contributed by atoms with Crippen LogP contribution >= 0.6 is 0 Å². The first kappa shape index (κ1) is 14.4. The summed E-state index contributed by atoms with van der Waals surface area (Å²) in [7, 11) is 0. The topological polar surface area (TPSA) is 52.5 Å². The molecule has 24 heavy (non-hydrogen) atoms. The zero-order valence-electron chi connectivity index (χ0n) is 12.9. The van der Waals surface area contributed by atoms with E-state index in [4.69, 9.17) is 9.47 Å². The summed E-state index contributed by atoms with van der Waals surface area (Å²) in [6, 6.07) is 18.4. The Labute approximate surface area is 139 Å². The van der Waals surface area contributed by atoms with Crippen molar-refractivity contribution in [2.75, 3.05) is 12.1 Å². The van der Waals surface area contributed by atoms with Crippen molar-refractivity contribution in [1.82, 2.24) is 4.57 Å². The molecule has 0 fully saturated rings. The highest BCUT2D eigenvalue weighted by Gasteiger charge is 2.22. The molecule has 5 nitrogen and oxygen atoms in total. The lowest BCUT2D eigenvalue weighted by Crippen LogP contribution is -2.26. The van der Waals surface area contributed by atoms with Crippen molar-refractivity contribution in [2.45, 2.75) is 6.04 Å². The smallest absolute Gasteiger partial charge is 0.252 e. The van der Waals surface area contributed by atoms with E-state index in [0.29, 0.717) is 17.2 Å². The third-order valence-corrected chi connectivity index (χ3v) is 3.93. The standard InChI is InChI=1S/C19H16N2O3/c22-19(20-15-8-9-16-17(12-15)24-13-23-16)18(21-10-4-5-11-21)14-6-2-1-3-7-14/h1-12,18H,13H2,(H,20,22). The first-order valence-electron chi connectivity index (χ1n) is 7.69. The SMILES string of the molecule is O=C(Nc1ccc2c(c1)OCO2)C(c1ccccc1)n1cccc1. The van der Waals surface area contributed by atoms with E-state index in [1.54, 1.807) is 12.1 Å². The van der Waals surface area contributed by atoms with Crippen LogP contribution < -0.4 is 14.8 Å². The van der Waals surface area contributed by atoms with Crippen LogP contribution in [0.4, 0.5) is 5.69 Å². The number of benzene rings is 2. The average molecular weight is 320 g/mol. The van der Waals surface area contributed by atoms with Crippen LogP contribution in [0.3, 0.4) is 0 Å². The summed E-state index contributed by atoms with van der Waals surface area (Å²) < 4.78 is 12.5. The molecule has 4 rings (SSSR count). The highest BCUT2D eigenvalue weighted by Crippen LogP contribution is 2.34. The van der Waals surface area contributed by atoms with Gasteiger partial charge in [0.05, 0.1) is 0 Å². The predicted molar refractivity (Wildman–Crippen MR) is 90.2 cm³/mol. The molecule has 1 aliphatic heterocycles. The molecule has 0 aliphatic carbocycles. The van der Waals surface area contributed by atoms with Crippen molar-refractivity contribution in [1.29, 1.82) is 0 Å². The Bertz CT molecular complexity index is 844. The number of carbonyl (C=O) groups is 1. The lowest BCUT2D eigenvalue weighted by atomic mass is 10.1. The zero-order chi connectivity index (χ0) is 16.4. The highest BCUT2D eigenvalue weighted by molar-refractivity contribution is 5.96. The Hall–Kier alpha value is -3.21. The van der Waals surface area contributed by atoms with Crippen molar-refractivity contribution in [3.8, 4) is 11.5 Å². The van der Waals surface area contributed by atoms with Crippen LogP contribution in [-0.2, 0) is 4.79 Å². The largest absolute Gasteiger partial charge is 0.454 e. The number of amides is 1. The van der Waals surface area contributed by atoms with Crippen LogP contribution in [0.2, 0.25) is 0 Å². The fraction of sp³-hybridized carbons (Fsp3) is 0.105. The molecule has 0 saturated heterocycles. The van der Waals surface area contributed by atoms with Gasteiger partial charge in [0.25, 0.3) is 5.91 Å². The highest BCUT2D eigenvalue weighted by atomic mass is 16.7. The van der Waals surface area contributed by atoms with E-state index in [9.17, 15) is 4.79 Å². The average Bonchev–Trinajstić information content (AvgIpc) is 3.27. The Kier molecular flexibility index (Phi) is 3.67. The van der Waals surface area contributed by atoms with Crippen LogP contribution in [0.15, 0.2) is 73.1 Å². The summed E-state index contributed by atoms with van der Waals surface area (Å²) in [4.78, 5) is 12.9. The van der Waals surface area contributed by atoms with Crippen molar-refractivity contribution >= 4 is 11.6 Å². The van der Waals surface area contributed by atoms with Gasteiger partial charge in [0.15, 0.2) is 11.5 Å². The molecule has 2 aromatic carbocycles. The van der Waals surface area contributed by atoms with Crippen molar-refractivity contribution in [3.05, 3.63) is 78.6 Å². The van der Waals surface area contributed by atoms with E-state index in [1.165, 1.54) is 0 Å². The Morgan fingerprint density at radius 2 is 1.71 bits per heavy atom. The molecule has 1 atom stereocenters. The summed E-state index contributed by atoms with van der Waals surface area (Å²) >= 11 is 0. The number of carbonyl (C=O) groups excluding carboxylic acids is 1. The molecule has 1 unspecified atom stereocenters. The van der Waals surface area contributed by atoms with Gasteiger partial charge in [-0.3, -0.25) is 4.79 Å². The van der Waals surface area contributed by atoms with Gasteiger partial charge in [-0.25, -0.2) is 0 Å². The zero-order valence-corrected chi connectivity index (χ0v) is 12.9. The molecule has 0 radical (unpaired) electrons. The Morgan fingerprint density at radius 3 is 2.50 bits per heavy atom. The molecular weight excluding hydrogens is 304 g/mol. The number of hydrogen-bond acceptors (Lipinski definition) is 3. The van der Waals surface area contributed by atoms with Crippen LogP contribution in [0, 0.1) is 0 Å². The lowest BCUT2D eigenvalue weighted by molar-refractivity contribution is -0.118. The Morgan fingerprint density at radius 1 is 0.958 bits per heavy atom. The van der Waals surface area contributed by atoms with E-state index >= 15 is 0 Å². The minimum Gasteiger partial charge on any atom is -0.454 e. The molecule has 2 heterocycles. The summed E-state index contributed by atoms with van der Waals surface area (Å²) in [5, 5.41) is 2.96. The molecule has 0 bridgehead atoms. The molecule has 5 heteroatoms. The monoisotopic (exact) mass is 320 g/mol. The van der Waals surface area contributed by atoms with E-state index in [0.717, 1.165) is 5.56 Å². The van der Waals surface area contributed by atoms with Gasteiger partial charge in [-0.2, -0.15) is 0 Å². The lowest BCUT2D eigenvalue weighted by Gasteiger charge is -2.19. The number of nitrogens with zero attached hydrogens (tertiary/aromatic N) is 1. The molecule has 1 amide bonds. The molecule has 0 spiro atoms. The maximum Gasteiger partial charge on any atom is 0.252 e. The maximum atomic E-state index is 12.9. The summed E-state index contributed by atoms with van der Waals surface area (Å²) in [5.41, 5.74) is 1.60. The normalized spacial score (nSPS) is 13.5. The summed E-state index contributed by atoms with van der Waals surface area (Å²) in [5.74, 6) is 1.22. The first-order chi connectivity index (χ1) is 11.8. The fourth-order valence-electron chi connectivity index (χ4n) is 2.80. The van der Waals surface area contributed by atoms with Crippen LogP contribution in [0.5, 0.6) is 11.5 Å². The van der Waals surface area contributed by atoms with Gasteiger partial charge in [-0.05, 0) is 29.8 Å². The quantitative estimate of drug-likeness (QED) is 0.801. The molecule has 1 aromatic heterocycles. The van der Waals surface area contributed by atoms with E-state index < -0.39 is 6.04 Å². The van der Waals surface area contributed by atoms with Gasteiger partial charge in [-0.1, -0.05) is 30.3 Å². The van der Waals surface area contributed by atoms with Gasteiger partial charge in [0.2, 0.25) is 6.79 Å². The minimum absolute atomic E-state index is 0.115. The molecule has 3 aromatic rings. The van der Waals surface area contributed by atoms with Gasteiger partial charge in [0.1, 0.15) is 6.04 Å². The molecule has 1 aliphatic rings. The molecule has 1 N–H and O–H groups in total. The number of aromatic nitrogens is 1.